The van der Waals surface area contributed by atoms with Gasteiger partial charge in [-0.1, -0.05) is 24.3 Å². The van der Waals surface area contributed by atoms with E-state index in [2.05, 4.69) is 9.97 Å². The van der Waals surface area contributed by atoms with E-state index in [0.29, 0.717) is 6.54 Å². The predicted molar refractivity (Wildman–Crippen MR) is 84.3 cm³/mol. The molecule has 0 amide bonds. The summed E-state index contributed by atoms with van der Waals surface area (Å²) >= 11 is 0. The van der Waals surface area contributed by atoms with Crippen molar-refractivity contribution in [3.8, 4) is 11.4 Å². The Balaban J connectivity index is 1.74. The van der Waals surface area contributed by atoms with E-state index < -0.39 is 12.6 Å². The van der Waals surface area contributed by atoms with E-state index in [1.807, 2.05) is 28.6 Å². The Morgan fingerprint density at radius 3 is 2.33 bits per heavy atom. The fourth-order valence-corrected chi connectivity index (χ4v) is 2.61. The quantitative estimate of drug-likeness (QED) is 0.714. The van der Waals surface area contributed by atoms with Crippen molar-refractivity contribution in [3.05, 3.63) is 60.4 Å². The number of imidazole rings is 2. The molecule has 0 fully saturated rings. The number of rotatable bonds is 5. The van der Waals surface area contributed by atoms with Crippen LogP contribution in [0.15, 0.2) is 49.1 Å². The van der Waals surface area contributed by atoms with Gasteiger partial charge in [-0.2, -0.15) is 13.2 Å². The first-order valence-corrected chi connectivity index (χ1v) is 7.56. The molecule has 1 aromatic carbocycles. The van der Waals surface area contributed by atoms with Crippen LogP contribution in [0.25, 0.3) is 11.4 Å². The number of hydrogen-bond donors (Lipinski definition) is 0. The third-order valence-corrected chi connectivity index (χ3v) is 3.83. The molecule has 2 aromatic heterocycles. The molecule has 3 aromatic rings. The lowest BCUT2D eigenvalue weighted by atomic mass is 10.1. The third kappa shape index (κ3) is 3.84. The van der Waals surface area contributed by atoms with Crippen LogP contribution in [0.3, 0.4) is 0 Å². The Labute approximate surface area is 137 Å². The maximum atomic E-state index is 12.4. The van der Waals surface area contributed by atoms with E-state index in [-0.39, 0.29) is 5.56 Å². The largest absolute Gasteiger partial charge is 0.393 e. The second-order valence-electron chi connectivity index (χ2n) is 5.64. The maximum absolute atomic E-state index is 12.4. The minimum Gasteiger partial charge on any atom is -0.338 e. The highest BCUT2D eigenvalue weighted by Gasteiger charge is 2.27. The molecule has 0 aliphatic rings. The third-order valence-electron chi connectivity index (χ3n) is 3.83. The number of aryl methyl sites for hydroxylation is 3. The van der Waals surface area contributed by atoms with Crippen LogP contribution in [0, 0.1) is 0 Å². The molecular weight excluding hydrogens is 317 g/mol. The average Bonchev–Trinajstić information content (AvgIpc) is 3.13. The van der Waals surface area contributed by atoms with Gasteiger partial charge in [0.2, 0.25) is 0 Å². The van der Waals surface area contributed by atoms with Crippen molar-refractivity contribution in [1.82, 2.24) is 19.1 Å². The molecule has 4 nitrogen and oxygen atoms in total. The fraction of sp³-hybridized carbons (Fsp3) is 0.294. The van der Waals surface area contributed by atoms with Crippen molar-refractivity contribution < 1.29 is 13.2 Å². The summed E-state index contributed by atoms with van der Waals surface area (Å²) in [6.07, 6.45) is 2.84. The monoisotopic (exact) mass is 334 g/mol. The molecule has 0 saturated carbocycles. The lowest BCUT2D eigenvalue weighted by Gasteiger charge is -2.10. The van der Waals surface area contributed by atoms with Crippen molar-refractivity contribution in [2.24, 2.45) is 7.05 Å². The van der Waals surface area contributed by atoms with Crippen LogP contribution < -0.4 is 0 Å². The lowest BCUT2D eigenvalue weighted by molar-refractivity contribution is -0.127. The standard InChI is InChI=1S/C17H17F3N4/c1-23-10-7-21-15(23)6-9-24-11-8-22-16(24)14-4-2-13(3-5-14)12-17(18,19)20/h2-5,7-8,10-11H,6,9,12H2,1H3. The summed E-state index contributed by atoms with van der Waals surface area (Å²) in [5.41, 5.74) is 1.04. The van der Waals surface area contributed by atoms with Crippen molar-refractivity contribution in [2.75, 3.05) is 0 Å². The van der Waals surface area contributed by atoms with Gasteiger partial charge in [-0.3, -0.25) is 0 Å². The molecule has 3 rings (SSSR count). The van der Waals surface area contributed by atoms with Crippen LogP contribution in [0.1, 0.15) is 11.4 Å². The van der Waals surface area contributed by atoms with E-state index in [4.69, 9.17) is 0 Å². The Kier molecular flexibility index (Phi) is 4.42. The highest BCUT2D eigenvalue weighted by Crippen LogP contribution is 2.24. The SMILES string of the molecule is Cn1ccnc1CCn1ccnc1-c1ccc(CC(F)(F)F)cc1. The Morgan fingerprint density at radius 1 is 1.00 bits per heavy atom. The summed E-state index contributed by atoms with van der Waals surface area (Å²) in [7, 11) is 1.94. The second kappa shape index (κ2) is 6.51. The maximum Gasteiger partial charge on any atom is 0.393 e. The smallest absolute Gasteiger partial charge is 0.338 e. The molecule has 2 heterocycles. The first-order chi connectivity index (χ1) is 11.4. The minimum absolute atomic E-state index is 0.248. The Morgan fingerprint density at radius 2 is 1.71 bits per heavy atom. The Hall–Kier alpha value is -2.57. The van der Waals surface area contributed by atoms with Crippen molar-refractivity contribution in [3.63, 3.8) is 0 Å². The van der Waals surface area contributed by atoms with Gasteiger partial charge in [-0.15, -0.1) is 0 Å². The molecule has 0 radical (unpaired) electrons. The summed E-state index contributed by atoms with van der Waals surface area (Å²) in [6, 6.07) is 6.36. The van der Waals surface area contributed by atoms with Crippen LogP contribution in [-0.4, -0.2) is 25.3 Å². The van der Waals surface area contributed by atoms with Crippen LogP contribution in [0.4, 0.5) is 13.2 Å². The molecule has 0 aliphatic heterocycles. The first kappa shape index (κ1) is 16.3. The molecule has 0 N–H and O–H groups in total. The van der Waals surface area contributed by atoms with E-state index in [0.717, 1.165) is 23.6 Å². The van der Waals surface area contributed by atoms with Gasteiger partial charge in [-0.25, -0.2) is 9.97 Å². The summed E-state index contributed by atoms with van der Waals surface area (Å²) in [4.78, 5) is 8.61. The van der Waals surface area contributed by atoms with Crippen LogP contribution in [0.5, 0.6) is 0 Å². The molecule has 0 spiro atoms. The highest BCUT2D eigenvalue weighted by molar-refractivity contribution is 5.56. The molecular formula is C17H17F3N4. The number of alkyl halides is 3. The molecule has 0 unspecified atom stereocenters. The normalized spacial score (nSPS) is 11.8. The predicted octanol–water partition coefficient (Wildman–Crippen LogP) is 3.63. The topological polar surface area (TPSA) is 35.6 Å². The van der Waals surface area contributed by atoms with E-state index >= 15 is 0 Å². The molecule has 0 saturated heterocycles. The average molecular weight is 334 g/mol. The zero-order valence-corrected chi connectivity index (χ0v) is 13.2. The molecule has 0 bridgehead atoms. The number of hydrogen-bond acceptors (Lipinski definition) is 2. The summed E-state index contributed by atoms with van der Waals surface area (Å²) in [6.45, 7) is 0.699. The van der Waals surface area contributed by atoms with Crippen LogP contribution in [0.2, 0.25) is 0 Å². The van der Waals surface area contributed by atoms with Crippen LogP contribution in [-0.2, 0) is 26.4 Å². The van der Waals surface area contributed by atoms with Crippen LogP contribution >= 0.6 is 0 Å². The van der Waals surface area contributed by atoms with Gasteiger partial charge in [0.25, 0.3) is 0 Å². The first-order valence-electron chi connectivity index (χ1n) is 7.56. The fourth-order valence-electron chi connectivity index (χ4n) is 2.61. The van der Waals surface area contributed by atoms with Gasteiger partial charge in [0.1, 0.15) is 11.6 Å². The van der Waals surface area contributed by atoms with Gasteiger partial charge < -0.3 is 9.13 Å². The molecule has 7 heteroatoms. The number of aromatic nitrogens is 4. The van der Waals surface area contributed by atoms with Gasteiger partial charge in [0.15, 0.2) is 0 Å². The zero-order chi connectivity index (χ0) is 17.2. The van der Waals surface area contributed by atoms with Gasteiger partial charge in [0.05, 0.1) is 6.42 Å². The zero-order valence-electron chi connectivity index (χ0n) is 13.2. The van der Waals surface area contributed by atoms with Crippen molar-refractivity contribution in [1.29, 1.82) is 0 Å². The number of nitrogens with zero attached hydrogens (tertiary/aromatic N) is 4. The summed E-state index contributed by atoms with van der Waals surface area (Å²) < 4.78 is 41.2. The number of benzene rings is 1. The van der Waals surface area contributed by atoms with Gasteiger partial charge in [-0.05, 0) is 5.56 Å². The summed E-state index contributed by atoms with van der Waals surface area (Å²) in [5.74, 6) is 1.71. The molecule has 126 valence electrons. The second-order valence-corrected chi connectivity index (χ2v) is 5.64. The molecule has 24 heavy (non-hydrogen) atoms. The lowest BCUT2D eigenvalue weighted by Crippen LogP contribution is -2.11. The highest BCUT2D eigenvalue weighted by atomic mass is 19.4. The molecule has 0 atom stereocenters. The van der Waals surface area contributed by atoms with Crippen molar-refractivity contribution >= 4 is 0 Å². The minimum atomic E-state index is -4.19. The molecule has 0 aliphatic carbocycles. The van der Waals surface area contributed by atoms with E-state index in [1.54, 1.807) is 24.5 Å². The Bertz CT molecular complexity index is 800. The van der Waals surface area contributed by atoms with E-state index in [9.17, 15) is 13.2 Å². The van der Waals surface area contributed by atoms with E-state index in [1.165, 1.54) is 12.1 Å². The van der Waals surface area contributed by atoms with Gasteiger partial charge in [0, 0.05) is 50.4 Å². The summed E-state index contributed by atoms with van der Waals surface area (Å²) in [5, 5.41) is 0. The number of halogens is 3. The van der Waals surface area contributed by atoms with Crippen molar-refractivity contribution in [2.45, 2.75) is 25.6 Å². The van der Waals surface area contributed by atoms with Gasteiger partial charge >= 0.3 is 6.18 Å².